The normalized spacial score (nSPS) is 37.0. The molecule has 1 rings (SSSR count). The molecule has 0 spiro atoms. The van der Waals surface area contributed by atoms with Gasteiger partial charge in [0, 0.05) is 0 Å². The average Bonchev–Trinajstić information content (AvgIpc) is 1.98. The molecule has 1 aliphatic rings. The van der Waals surface area contributed by atoms with Crippen LogP contribution in [0.25, 0.3) is 0 Å². The van der Waals surface area contributed by atoms with Crippen molar-refractivity contribution in [2.75, 3.05) is 7.05 Å². The summed E-state index contributed by atoms with van der Waals surface area (Å²) in [4.78, 5) is 12.4. The van der Waals surface area contributed by atoms with Crippen LogP contribution in [0, 0.1) is 0 Å². The van der Waals surface area contributed by atoms with Gasteiger partial charge in [-0.05, 0) is 14.0 Å². The second-order valence-corrected chi connectivity index (χ2v) is 2.55. The second-order valence-electron chi connectivity index (χ2n) is 2.10. The predicted octanol–water partition coefficient (Wildman–Crippen LogP) is 0.0769. The van der Waals surface area contributed by atoms with E-state index in [1.165, 1.54) is 0 Å². The summed E-state index contributed by atoms with van der Waals surface area (Å²) in [5.41, 5.74) is -0.354. The molecule has 2 unspecified atom stereocenters. The Morgan fingerprint density at radius 1 is 1.78 bits per heavy atom. The van der Waals surface area contributed by atoms with Crippen LogP contribution in [-0.4, -0.2) is 29.5 Å². The molecule has 4 heteroatoms. The first-order valence-corrected chi connectivity index (χ1v) is 3.25. The van der Waals surface area contributed by atoms with Gasteiger partial charge in [-0.1, -0.05) is 0 Å². The van der Waals surface area contributed by atoms with Crippen LogP contribution in [0.5, 0.6) is 0 Å². The van der Waals surface area contributed by atoms with Crippen LogP contribution in [0.15, 0.2) is 0 Å². The molecule has 2 atom stereocenters. The maximum atomic E-state index is 10.7. The number of hydrogen-bond acceptors (Lipinski definition) is 4. The molecule has 0 radical (unpaired) electrons. The first-order chi connectivity index (χ1) is 4.13. The highest BCUT2D eigenvalue weighted by Gasteiger charge is 2.33. The lowest BCUT2D eigenvalue weighted by Crippen LogP contribution is -2.28. The minimum Gasteiger partial charge on any atom is -0.436 e. The number of carbonyl (C=O) groups excluding carboxylic acids is 1. The van der Waals surface area contributed by atoms with Crippen molar-refractivity contribution in [2.24, 2.45) is 0 Å². The summed E-state index contributed by atoms with van der Waals surface area (Å²) >= 11 is 3.99. The quantitative estimate of drug-likeness (QED) is 0.388. The Balaban J connectivity index is 2.65. The number of rotatable bonds is 0. The van der Waals surface area contributed by atoms with E-state index in [-0.39, 0.29) is 17.6 Å². The van der Waals surface area contributed by atoms with Gasteiger partial charge in [-0.15, -0.1) is 12.6 Å². The van der Waals surface area contributed by atoms with E-state index < -0.39 is 0 Å². The van der Waals surface area contributed by atoms with Crippen LogP contribution in [0.1, 0.15) is 6.92 Å². The molecule has 0 bridgehead atoms. The number of cyclic esters (lactones) is 1. The smallest absolute Gasteiger partial charge is 0.325 e. The van der Waals surface area contributed by atoms with E-state index in [1.807, 2.05) is 0 Å². The largest absolute Gasteiger partial charge is 0.436 e. The van der Waals surface area contributed by atoms with Gasteiger partial charge in [-0.25, -0.2) is 4.90 Å². The summed E-state index contributed by atoms with van der Waals surface area (Å²) in [6.45, 7) is 1.79. The van der Waals surface area contributed by atoms with E-state index in [9.17, 15) is 4.79 Å². The number of ether oxygens (including phenoxy) is 1. The van der Waals surface area contributed by atoms with Gasteiger partial charge in [-0.2, -0.15) is 0 Å². The number of nitrogens with zero attached hydrogens (tertiary/aromatic N) is 1. The Morgan fingerprint density at radius 3 is 2.44 bits per heavy atom. The van der Waals surface area contributed by atoms with Crippen molar-refractivity contribution in [3.63, 3.8) is 0 Å². The average molecular weight is 147 g/mol. The van der Waals surface area contributed by atoms with Crippen LogP contribution in [0.2, 0.25) is 0 Å². The number of esters is 1. The molecule has 9 heavy (non-hydrogen) atoms. The Hall–Kier alpha value is -0.220. The van der Waals surface area contributed by atoms with Crippen LogP contribution in [0.4, 0.5) is 0 Å². The van der Waals surface area contributed by atoms with Crippen LogP contribution in [0.3, 0.4) is 0 Å². The number of hydrogen-bond donors (Lipinski definition) is 1. The van der Waals surface area contributed by atoms with E-state index in [0.29, 0.717) is 0 Å². The number of likely N-dealkylation sites (N-methyl/N-ethyl adjacent to an activating group) is 1. The topological polar surface area (TPSA) is 29.5 Å². The van der Waals surface area contributed by atoms with Crippen LogP contribution < -0.4 is 0 Å². The highest BCUT2D eigenvalue weighted by atomic mass is 32.1. The second kappa shape index (κ2) is 2.19. The minimum atomic E-state index is -0.354. The van der Waals surface area contributed by atoms with Gasteiger partial charge >= 0.3 is 5.97 Å². The first kappa shape index (κ1) is 6.89. The molecular formula is C5H9NO2S. The Bertz CT molecular complexity index is 139. The summed E-state index contributed by atoms with van der Waals surface area (Å²) in [5, 5.41) is 0. The zero-order valence-electron chi connectivity index (χ0n) is 5.37. The summed E-state index contributed by atoms with van der Waals surface area (Å²) in [5.74, 6) is -0.197. The number of carbonyl (C=O) groups is 1. The lowest BCUT2D eigenvalue weighted by molar-refractivity contribution is -0.139. The lowest BCUT2D eigenvalue weighted by Gasteiger charge is -2.12. The molecule has 0 aliphatic carbocycles. The SMILES string of the molecule is CC1C(=O)OC(S)N1C. The minimum absolute atomic E-state index is 0.146. The van der Waals surface area contributed by atoms with Gasteiger partial charge in [0.25, 0.3) is 0 Å². The third-order valence-electron chi connectivity index (χ3n) is 1.52. The molecule has 1 heterocycles. The van der Waals surface area contributed by atoms with E-state index in [4.69, 9.17) is 4.74 Å². The third-order valence-corrected chi connectivity index (χ3v) is 1.99. The van der Waals surface area contributed by atoms with Gasteiger partial charge in [0.15, 0.2) is 0 Å². The van der Waals surface area contributed by atoms with Gasteiger partial charge in [0.2, 0.25) is 5.56 Å². The van der Waals surface area contributed by atoms with E-state index in [1.54, 1.807) is 18.9 Å². The molecule has 0 aromatic rings. The van der Waals surface area contributed by atoms with Crippen LogP contribution >= 0.6 is 12.6 Å². The summed E-state index contributed by atoms with van der Waals surface area (Å²) < 4.78 is 4.74. The fraction of sp³-hybridized carbons (Fsp3) is 0.800. The Labute approximate surface area is 59.4 Å². The highest BCUT2D eigenvalue weighted by molar-refractivity contribution is 7.80. The molecule has 0 aromatic heterocycles. The first-order valence-electron chi connectivity index (χ1n) is 2.73. The van der Waals surface area contributed by atoms with Crippen molar-refractivity contribution in [3.8, 4) is 0 Å². The van der Waals surface area contributed by atoms with Crippen molar-refractivity contribution in [1.29, 1.82) is 0 Å². The van der Waals surface area contributed by atoms with Gasteiger partial charge in [0.05, 0.1) is 0 Å². The molecule has 0 N–H and O–H groups in total. The fourth-order valence-corrected chi connectivity index (χ4v) is 0.947. The standard InChI is InChI=1S/C5H9NO2S/c1-3-4(7)8-5(9)6(3)2/h3,5,9H,1-2H3. The van der Waals surface area contributed by atoms with Crippen molar-refractivity contribution < 1.29 is 9.53 Å². The van der Waals surface area contributed by atoms with Crippen molar-refractivity contribution >= 4 is 18.6 Å². The third kappa shape index (κ3) is 1.04. The molecule has 0 amide bonds. The molecule has 0 saturated carbocycles. The van der Waals surface area contributed by atoms with Gasteiger partial charge < -0.3 is 4.74 Å². The number of thiol groups is 1. The summed E-state index contributed by atoms with van der Waals surface area (Å²) in [6.07, 6.45) is 0. The fourth-order valence-electron chi connectivity index (χ4n) is 0.643. The monoisotopic (exact) mass is 147 g/mol. The molecule has 52 valence electrons. The molecule has 1 fully saturated rings. The van der Waals surface area contributed by atoms with Crippen molar-refractivity contribution in [2.45, 2.75) is 18.5 Å². The summed E-state index contributed by atoms with van der Waals surface area (Å²) in [7, 11) is 1.80. The maximum Gasteiger partial charge on any atom is 0.325 e. The molecule has 0 aromatic carbocycles. The molecule has 3 nitrogen and oxygen atoms in total. The van der Waals surface area contributed by atoms with Crippen molar-refractivity contribution in [1.82, 2.24) is 4.90 Å². The Kier molecular flexibility index (Phi) is 1.68. The highest BCUT2D eigenvalue weighted by Crippen LogP contribution is 2.17. The molecular weight excluding hydrogens is 138 g/mol. The molecule has 1 saturated heterocycles. The summed E-state index contributed by atoms with van der Waals surface area (Å²) in [6, 6.07) is -0.146. The van der Waals surface area contributed by atoms with Gasteiger partial charge in [-0.3, -0.25) is 4.79 Å². The van der Waals surface area contributed by atoms with E-state index in [0.717, 1.165) is 0 Å². The predicted molar refractivity (Wildman–Crippen MR) is 36.1 cm³/mol. The van der Waals surface area contributed by atoms with E-state index in [2.05, 4.69) is 12.6 Å². The lowest BCUT2D eigenvalue weighted by atomic mass is 10.3. The Morgan fingerprint density at radius 2 is 2.33 bits per heavy atom. The molecule has 1 aliphatic heterocycles. The zero-order valence-corrected chi connectivity index (χ0v) is 6.26. The zero-order chi connectivity index (χ0) is 7.02. The van der Waals surface area contributed by atoms with Gasteiger partial charge in [0.1, 0.15) is 6.04 Å². The van der Waals surface area contributed by atoms with E-state index >= 15 is 0 Å². The van der Waals surface area contributed by atoms with Crippen molar-refractivity contribution in [3.05, 3.63) is 0 Å². The van der Waals surface area contributed by atoms with Crippen LogP contribution in [-0.2, 0) is 9.53 Å². The maximum absolute atomic E-state index is 10.7.